The zero-order valence-electron chi connectivity index (χ0n) is 12.5. The highest BCUT2D eigenvalue weighted by Gasteiger charge is 2.07. The molecule has 0 aliphatic rings. The Bertz CT molecular complexity index is 772. The highest BCUT2D eigenvalue weighted by Crippen LogP contribution is 2.32. The van der Waals surface area contributed by atoms with E-state index in [2.05, 4.69) is 41.4 Å². The zero-order chi connectivity index (χ0) is 16.1. The number of halogens is 1. The van der Waals surface area contributed by atoms with Gasteiger partial charge in [-0.05, 0) is 35.7 Å². The van der Waals surface area contributed by atoms with E-state index in [1.807, 2.05) is 0 Å². The van der Waals surface area contributed by atoms with Crippen LogP contribution in [0.1, 0.15) is 16.7 Å². The van der Waals surface area contributed by atoms with E-state index in [4.69, 9.17) is 0 Å². The Morgan fingerprint density at radius 3 is 2.26 bits per heavy atom. The van der Waals surface area contributed by atoms with Crippen molar-refractivity contribution in [2.75, 3.05) is 0 Å². The van der Waals surface area contributed by atoms with Crippen LogP contribution in [0.25, 0.3) is 0 Å². The lowest BCUT2D eigenvalue weighted by Gasteiger charge is -2.02. The SMILES string of the molecule is Cc1ccccc1CSc1nnc(SCc2ccc(F)cc2)s1. The van der Waals surface area contributed by atoms with Crippen molar-refractivity contribution < 1.29 is 4.39 Å². The Balaban J connectivity index is 1.53. The van der Waals surface area contributed by atoms with E-state index >= 15 is 0 Å². The lowest BCUT2D eigenvalue weighted by Crippen LogP contribution is -1.84. The molecule has 0 atom stereocenters. The van der Waals surface area contributed by atoms with Crippen molar-refractivity contribution in [3.05, 3.63) is 71.0 Å². The Kier molecular flexibility index (Phi) is 5.70. The number of thioether (sulfide) groups is 2. The molecule has 6 heteroatoms. The fourth-order valence-corrected chi connectivity index (χ4v) is 5.00. The van der Waals surface area contributed by atoms with Crippen molar-refractivity contribution in [1.82, 2.24) is 10.2 Å². The molecule has 3 aromatic rings. The van der Waals surface area contributed by atoms with Gasteiger partial charge in [-0.15, -0.1) is 10.2 Å². The predicted octanol–water partition coefficient (Wildman–Crippen LogP) is 5.57. The smallest absolute Gasteiger partial charge is 0.175 e. The van der Waals surface area contributed by atoms with Crippen LogP contribution in [-0.2, 0) is 11.5 Å². The van der Waals surface area contributed by atoms with E-state index < -0.39 is 0 Å². The van der Waals surface area contributed by atoms with Gasteiger partial charge >= 0.3 is 0 Å². The van der Waals surface area contributed by atoms with Gasteiger partial charge in [0.15, 0.2) is 8.68 Å². The maximum Gasteiger partial charge on any atom is 0.175 e. The van der Waals surface area contributed by atoms with Crippen LogP contribution in [0.5, 0.6) is 0 Å². The Morgan fingerprint density at radius 2 is 1.57 bits per heavy atom. The van der Waals surface area contributed by atoms with Crippen LogP contribution in [0.15, 0.2) is 57.2 Å². The molecular formula is C17H15FN2S3. The van der Waals surface area contributed by atoms with E-state index in [9.17, 15) is 4.39 Å². The summed E-state index contributed by atoms with van der Waals surface area (Å²) in [6.45, 7) is 2.12. The van der Waals surface area contributed by atoms with Crippen molar-refractivity contribution in [3.63, 3.8) is 0 Å². The fourth-order valence-electron chi connectivity index (χ4n) is 1.95. The van der Waals surface area contributed by atoms with E-state index in [1.165, 1.54) is 23.3 Å². The maximum absolute atomic E-state index is 12.9. The van der Waals surface area contributed by atoms with Crippen LogP contribution in [-0.4, -0.2) is 10.2 Å². The summed E-state index contributed by atoms with van der Waals surface area (Å²) in [4.78, 5) is 0. The molecule has 1 heterocycles. The molecule has 0 aliphatic heterocycles. The van der Waals surface area contributed by atoms with Gasteiger partial charge < -0.3 is 0 Å². The average Bonchev–Trinajstić information content (AvgIpc) is 3.02. The van der Waals surface area contributed by atoms with Gasteiger partial charge in [0.2, 0.25) is 0 Å². The molecular weight excluding hydrogens is 347 g/mol. The maximum atomic E-state index is 12.9. The average molecular weight is 363 g/mol. The van der Waals surface area contributed by atoms with Crippen LogP contribution < -0.4 is 0 Å². The molecule has 2 aromatic carbocycles. The van der Waals surface area contributed by atoms with Crippen molar-refractivity contribution in [2.24, 2.45) is 0 Å². The number of aryl methyl sites for hydroxylation is 1. The summed E-state index contributed by atoms with van der Waals surface area (Å²) in [6, 6.07) is 15.0. The second-order valence-electron chi connectivity index (χ2n) is 4.96. The van der Waals surface area contributed by atoms with Crippen LogP contribution in [0, 0.1) is 12.7 Å². The number of benzene rings is 2. The molecule has 0 saturated heterocycles. The monoisotopic (exact) mass is 362 g/mol. The summed E-state index contributed by atoms with van der Waals surface area (Å²) in [5.74, 6) is 1.48. The number of nitrogens with zero attached hydrogens (tertiary/aromatic N) is 2. The standard InChI is InChI=1S/C17H15FN2S3/c1-12-4-2-3-5-14(12)11-22-17-20-19-16(23-17)21-10-13-6-8-15(18)9-7-13/h2-9H,10-11H2,1H3. The molecule has 0 amide bonds. The van der Waals surface area contributed by atoms with Gasteiger partial charge in [0.05, 0.1) is 0 Å². The summed E-state index contributed by atoms with van der Waals surface area (Å²) in [5, 5.41) is 8.46. The summed E-state index contributed by atoms with van der Waals surface area (Å²) in [6.07, 6.45) is 0. The van der Waals surface area contributed by atoms with Gasteiger partial charge in [-0.25, -0.2) is 4.39 Å². The van der Waals surface area contributed by atoms with Crippen molar-refractivity contribution in [1.29, 1.82) is 0 Å². The minimum atomic E-state index is -0.204. The van der Waals surface area contributed by atoms with Crippen molar-refractivity contribution >= 4 is 34.9 Å². The van der Waals surface area contributed by atoms with E-state index in [0.29, 0.717) is 0 Å². The topological polar surface area (TPSA) is 25.8 Å². The summed E-state index contributed by atoms with van der Waals surface area (Å²) in [7, 11) is 0. The third kappa shape index (κ3) is 4.80. The quantitative estimate of drug-likeness (QED) is 0.535. The number of rotatable bonds is 6. The third-order valence-corrected chi connectivity index (χ3v) is 6.59. The third-order valence-electron chi connectivity index (χ3n) is 3.28. The molecule has 0 spiro atoms. The number of aromatic nitrogens is 2. The Hall–Kier alpha value is -1.37. The lowest BCUT2D eigenvalue weighted by molar-refractivity contribution is 0.627. The first-order valence-electron chi connectivity index (χ1n) is 7.09. The lowest BCUT2D eigenvalue weighted by atomic mass is 10.1. The largest absolute Gasteiger partial charge is 0.207 e. The molecule has 0 N–H and O–H groups in total. The first-order chi connectivity index (χ1) is 11.2. The Labute approximate surface area is 147 Å². The molecule has 0 aliphatic carbocycles. The van der Waals surface area contributed by atoms with Crippen molar-refractivity contribution in [2.45, 2.75) is 27.1 Å². The van der Waals surface area contributed by atoms with Gasteiger partial charge in [0.1, 0.15) is 5.82 Å². The molecule has 2 nitrogen and oxygen atoms in total. The highest BCUT2D eigenvalue weighted by molar-refractivity contribution is 8.02. The van der Waals surface area contributed by atoms with Gasteiger partial charge in [0, 0.05) is 11.5 Å². The molecule has 0 radical (unpaired) electrons. The number of hydrogen-bond donors (Lipinski definition) is 0. The molecule has 0 bridgehead atoms. The van der Waals surface area contributed by atoms with E-state index in [-0.39, 0.29) is 5.82 Å². The normalized spacial score (nSPS) is 10.9. The minimum absolute atomic E-state index is 0.204. The van der Waals surface area contributed by atoms with E-state index in [0.717, 1.165) is 25.7 Å². The molecule has 0 unspecified atom stereocenters. The van der Waals surface area contributed by atoms with Gasteiger partial charge in [-0.3, -0.25) is 0 Å². The first-order valence-corrected chi connectivity index (χ1v) is 9.87. The second kappa shape index (κ2) is 7.95. The fraction of sp³-hybridized carbons (Fsp3) is 0.176. The number of hydrogen-bond acceptors (Lipinski definition) is 5. The summed E-state index contributed by atoms with van der Waals surface area (Å²) < 4.78 is 14.8. The van der Waals surface area contributed by atoms with Crippen LogP contribution in [0.3, 0.4) is 0 Å². The summed E-state index contributed by atoms with van der Waals surface area (Å²) in [5.41, 5.74) is 3.71. The van der Waals surface area contributed by atoms with Crippen molar-refractivity contribution in [3.8, 4) is 0 Å². The first kappa shape index (κ1) is 16.5. The summed E-state index contributed by atoms with van der Waals surface area (Å²) >= 11 is 4.96. The Morgan fingerprint density at radius 1 is 0.913 bits per heavy atom. The zero-order valence-corrected chi connectivity index (χ0v) is 15.0. The second-order valence-corrected chi connectivity index (χ2v) is 8.39. The molecule has 118 valence electrons. The van der Waals surface area contributed by atoms with Gasteiger partial charge in [-0.2, -0.15) is 0 Å². The van der Waals surface area contributed by atoms with Gasteiger partial charge in [0.25, 0.3) is 0 Å². The molecule has 1 aromatic heterocycles. The van der Waals surface area contributed by atoms with Gasteiger partial charge in [-0.1, -0.05) is 71.3 Å². The predicted molar refractivity (Wildman–Crippen MR) is 96.6 cm³/mol. The van der Waals surface area contributed by atoms with E-state index in [1.54, 1.807) is 47.0 Å². The van der Waals surface area contributed by atoms with Crippen LogP contribution in [0.2, 0.25) is 0 Å². The highest BCUT2D eigenvalue weighted by atomic mass is 32.2. The molecule has 0 fully saturated rings. The van der Waals surface area contributed by atoms with Crippen LogP contribution >= 0.6 is 34.9 Å². The molecule has 23 heavy (non-hydrogen) atoms. The molecule has 3 rings (SSSR count). The van der Waals surface area contributed by atoms with Crippen LogP contribution in [0.4, 0.5) is 4.39 Å². The molecule has 0 saturated carbocycles. The minimum Gasteiger partial charge on any atom is -0.207 e.